The first-order valence-corrected chi connectivity index (χ1v) is 9.43. The summed E-state index contributed by atoms with van der Waals surface area (Å²) < 4.78 is 10.8. The van der Waals surface area contributed by atoms with E-state index in [1.165, 1.54) is 5.56 Å². The SMILES string of the molecule is COc1cc2nc(N(C)Cc3cccc(CN(C)C)c3)[nH]c(=O)c2c(C)c1OC. The Bertz CT molecular complexity index is 1080. The van der Waals surface area contributed by atoms with Gasteiger partial charge in [-0.2, -0.15) is 0 Å². The zero-order valence-electron chi connectivity index (χ0n) is 17.9. The summed E-state index contributed by atoms with van der Waals surface area (Å²) in [7, 11) is 9.15. The van der Waals surface area contributed by atoms with Crippen LogP contribution in [0.3, 0.4) is 0 Å². The zero-order valence-corrected chi connectivity index (χ0v) is 17.9. The minimum Gasteiger partial charge on any atom is -0.493 e. The molecule has 7 nitrogen and oxygen atoms in total. The van der Waals surface area contributed by atoms with E-state index in [0.717, 1.165) is 12.1 Å². The summed E-state index contributed by atoms with van der Waals surface area (Å²) in [5, 5.41) is 0.507. The summed E-state index contributed by atoms with van der Waals surface area (Å²) in [4.78, 5) is 24.4. The second kappa shape index (κ2) is 8.53. The monoisotopic (exact) mass is 396 g/mol. The van der Waals surface area contributed by atoms with Crippen LogP contribution in [0.5, 0.6) is 11.5 Å². The van der Waals surface area contributed by atoms with Gasteiger partial charge in [-0.15, -0.1) is 0 Å². The highest BCUT2D eigenvalue weighted by atomic mass is 16.5. The molecule has 2 aromatic carbocycles. The Kier molecular flexibility index (Phi) is 6.08. The topological polar surface area (TPSA) is 70.7 Å². The predicted octanol–water partition coefficient (Wildman–Crippen LogP) is 2.95. The molecule has 0 spiro atoms. The Labute approximate surface area is 170 Å². The molecule has 0 unspecified atom stereocenters. The highest BCUT2D eigenvalue weighted by Crippen LogP contribution is 2.35. The van der Waals surface area contributed by atoms with Crippen molar-refractivity contribution in [3.8, 4) is 11.5 Å². The summed E-state index contributed by atoms with van der Waals surface area (Å²) in [6.45, 7) is 3.34. The number of benzene rings is 2. The molecular weight excluding hydrogens is 368 g/mol. The van der Waals surface area contributed by atoms with Gasteiger partial charge < -0.3 is 19.3 Å². The van der Waals surface area contributed by atoms with Crippen LogP contribution in [0.4, 0.5) is 5.95 Å². The minimum atomic E-state index is -0.198. The molecule has 3 aromatic rings. The van der Waals surface area contributed by atoms with Gasteiger partial charge in [0.15, 0.2) is 11.5 Å². The number of nitrogens with zero attached hydrogens (tertiary/aromatic N) is 3. The van der Waals surface area contributed by atoms with E-state index in [1.54, 1.807) is 20.3 Å². The molecule has 1 aromatic heterocycles. The fraction of sp³-hybridized carbons (Fsp3) is 0.364. The third-order valence-corrected chi connectivity index (χ3v) is 4.84. The predicted molar refractivity (Wildman–Crippen MR) is 116 cm³/mol. The van der Waals surface area contributed by atoms with Gasteiger partial charge in [0, 0.05) is 31.8 Å². The molecule has 1 N–H and O–H groups in total. The van der Waals surface area contributed by atoms with E-state index >= 15 is 0 Å². The average molecular weight is 396 g/mol. The van der Waals surface area contributed by atoms with E-state index in [-0.39, 0.29) is 5.56 Å². The van der Waals surface area contributed by atoms with Gasteiger partial charge in [0.05, 0.1) is 25.1 Å². The van der Waals surface area contributed by atoms with Crippen molar-refractivity contribution in [2.45, 2.75) is 20.0 Å². The molecule has 0 aliphatic carbocycles. The number of aryl methyl sites for hydroxylation is 1. The van der Waals surface area contributed by atoms with E-state index in [4.69, 9.17) is 9.47 Å². The Hall–Kier alpha value is -3.06. The van der Waals surface area contributed by atoms with Crippen LogP contribution in [0.15, 0.2) is 35.1 Å². The number of ether oxygens (including phenoxy) is 2. The van der Waals surface area contributed by atoms with Crippen LogP contribution >= 0.6 is 0 Å². The number of hydrogen-bond acceptors (Lipinski definition) is 6. The van der Waals surface area contributed by atoms with Crippen LogP contribution in [0.2, 0.25) is 0 Å². The summed E-state index contributed by atoms with van der Waals surface area (Å²) in [5.74, 6) is 1.61. The van der Waals surface area contributed by atoms with Gasteiger partial charge in [-0.05, 0) is 32.1 Å². The minimum absolute atomic E-state index is 0.198. The summed E-state index contributed by atoms with van der Waals surface area (Å²) in [6, 6.07) is 10.2. The Balaban J connectivity index is 1.97. The van der Waals surface area contributed by atoms with Crippen molar-refractivity contribution >= 4 is 16.9 Å². The number of fused-ring (bicyclic) bond motifs is 1. The van der Waals surface area contributed by atoms with Crippen LogP contribution in [-0.2, 0) is 13.1 Å². The number of methoxy groups -OCH3 is 2. The second-order valence-electron chi connectivity index (χ2n) is 7.43. The number of rotatable bonds is 7. The van der Waals surface area contributed by atoms with Crippen molar-refractivity contribution < 1.29 is 9.47 Å². The number of nitrogens with one attached hydrogen (secondary N) is 1. The van der Waals surface area contributed by atoms with Gasteiger partial charge in [-0.3, -0.25) is 9.78 Å². The van der Waals surface area contributed by atoms with E-state index in [0.29, 0.717) is 40.5 Å². The largest absolute Gasteiger partial charge is 0.493 e. The average Bonchev–Trinajstić information content (AvgIpc) is 2.66. The summed E-state index contributed by atoms with van der Waals surface area (Å²) in [6.07, 6.45) is 0. The van der Waals surface area contributed by atoms with E-state index in [1.807, 2.05) is 33.0 Å². The molecule has 7 heteroatoms. The molecule has 0 fully saturated rings. The first-order valence-electron chi connectivity index (χ1n) is 9.43. The first kappa shape index (κ1) is 20.7. The summed E-state index contributed by atoms with van der Waals surface area (Å²) in [5.41, 5.74) is 3.48. The van der Waals surface area contributed by atoms with Gasteiger partial charge in [0.2, 0.25) is 5.95 Å². The normalized spacial score (nSPS) is 11.1. The van der Waals surface area contributed by atoms with Crippen LogP contribution < -0.4 is 19.9 Å². The van der Waals surface area contributed by atoms with Gasteiger partial charge in [0.1, 0.15) is 0 Å². The lowest BCUT2D eigenvalue weighted by atomic mass is 10.1. The van der Waals surface area contributed by atoms with Crippen molar-refractivity contribution in [3.63, 3.8) is 0 Å². The van der Waals surface area contributed by atoms with Crippen LogP contribution in [0.25, 0.3) is 10.9 Å². The number of anilines is 1. The molecule has 3 rings (SSSR count). The standard InChI is InChI=1S/C22H28N4O3/c1-14-19-17(11-18(28-5)20(14)29-6)23-22(24-21(19)27)26(4)13-16-9-7-8-15(10-16)12-25(2)3/h7-11H,12-13H2,1-6H3,(H,23,24,27). The van der Waals surface area contributed by atoms with Crippen LogP contribution in [0, 0.1) is 6.92 Å². The van der Waals surface area contributed by atoms with Crippen molar-refractivity contribution in [1.82, 2.24) is 14.9 Å². The maximum absolute atomic E-state index is 12.8. The molecular formula is C22H28N4O3. The molecule has 0 saturated carbocycles. The lowest BCUT2D eigenvalue weighted by molar-refractivity contribution is 0.354. The third-order valence-electron chi connectivity index (χ3n) is 4.84. The van der Waals surface area contributed by atoms with Crippen molar-refractivity contribution in [2.24, 2.45) is 0 Å². The number of hydrogen-bond donors (Lipinski definition) is 1. The fourth-order valence-corrected chi connectivity index (χ4v) is 3.56. The molecule has 29 heavy (non-hydrogen) atoms. The number of aromatic amines is 1. The highest BCUT2D eigenvalue weighted by molar-refractivity contribution is 5.86. The third kappa shape index (κ3) is 4.35. The maximum atomic E-state index is 12.8. The lowest BCUT2D eigenvalue weighted by Gasteiger charge is -2.20. The van der Waals surface area contributed by atoms with E-state index in [9.17, 15) is 4.79 Å². The highest BCUT2D eigenvalue weighted by Gasteiger charge is 2.17. The molecule has 0 atom stereocenters. The molecule has 1 heterocycles. The molecule has 0 radical (unpaired) electrons. The Morgan fingerprint density at radius 2 is 1.72 bits per heavy atom. The van der Waals surface area contributed by atoms with Crippen molar-refractivity contribution in [1.29, 1.82) is 0 Å². The molecule has 0 aliphatic rings. The van der Waals surface area contributed by atoms with Crippen molar-refractivity contribution in [3.05, 3.63) is 57.4 Å². The first-order chi connectivity index (χ1) is 13.8. The van der Waals surface area contributed by atoms with Crippen LogP contribution in [-0.4, -0.2) is 50.2 Å². The maximum Gasteiger partial charge on any atom is 0.260 e. The van der Waals surface area contributed by atoms with Crippen LogP contribution in [0.1, 0.15) is 16.7 Å². The van der Waals surface area contributed by atoms with Gasteiger partial charge in [-0.1, -0.05) is 24.3 Å². The Morgan fingerprint density at radius 3 is 2.34 bits per heavy atom. The van der Waals surface area contributed by atoms with Gasteiger partial charge in [-0.25, -0.2) is 4.98 Å². The molecule has 0 aliphatic heterocycles. The molecule has 154 valence electrons. The number of H-pyrrole nitrogens is 1. The smallest absolute Gasteiger partial charge is 0.260 e. The van der Waals surface area contributed by atoms with Gasteiger partial charge in [0.25, 0.3) is 5.56 Å². The van der Waals surface area contributed by atoms with Gasteiger partial charge >= 0.3 is 0 Å². The Morgan fingerprint density at radius 1 is 1.03 bits per heavy atom. The molecule has 0 saturated heterocycles. The van der Waals surface area contributed by atoms with E-state index < -0.39 is 0 Å². The fourth-order valence-electron chi connectivity index (χ4n) is 3.56. The molecule has 0 amide bonds. The van der Waals surface area contributed by atoms with E-state index in [2.05, 4.69) is 39.1 Å². The second-order valence-corrected chi connectivity index (χ2v) is 7.43. The zero-order chi connectivity index (χ0) is 21.1. The number of aromatic nitrogens is 2. The quantitative estimate of drug-likeness (QED) is 0.662. The lowest BCUT2D eigenvalue weighted by Crippen LogP contribution is -2.23. The molecule has 0 bridgehead atoms. The summed E-state index contributed by atoms with van der Waals surface area (Å²) >= 11 is 0. The van der Waals surface area contributed by atoms with Crippen molar-refractivity contribution in [2.75, 3.05) is 40.3 Å².